The molecule has 0 saturated heterocycles. The summed E-state index contributed by atoms with van der Waals surface area (Å²) in [6.07, 6.45) is -4.50. The molecular formula is C18H18F3NO5. The Balaban J connectivity index is 2.15. The van der Waals surface area contributed by atoms with Crippen LogP contribution in [0.1, 0.15) is 15.9 Å². The van der Waals surface area contributed by atoms with Crippen molar-refractivity contribution in [2.45, 2.75) is 6.18 Å². The fourth-order valence-corrected chi connectivity index (χ4v) is 2.18. The number of halogens is 3. The number of nitrogens with one attached hydrogen (secondary N) is 1. The van der Waals surface area contributed by atoms with Crippen molar-refractivity contribution >= 4 is 17.3 Å². The van der Waals surface area contributed by atoms with Crippen LogP contribution < -0.4 is 5.32 Å². The molecule has 6 nitrogen and oxygen atoms in total. The van der Waals surface area contributed by atoms with Gasteiger partial charge in [-0.2, -0.15) is 13.2 Å². The highest BCUT2D eigenvalue weighted by atomic mass is 19.4. The lowest BCUT2D eigenvalue weighted by molar-refractivity contribution is -0.137. The SMILES string of the molecule is O=C(OCCOCCO)c1cc(O)ccc1Nc1cccc(C(F)(F)F)c1. The summed E-state index contributed by atoms with van der Waals surface area (Å²) in [6.45, 7) is -0.0728. The van der Waals surface area contributed by atoms with Gasteiger partial charge < -0.3 is 25.0 Å². The molecule has 0 heterocycles. The molecule has 2 rings (SSSR count). The van der Waals surface area contributed by atoms with Gasteiger partial charge >= 0.3 is 12.1 Å². The Bertz CT molecular complexity index is 780. The highest BCUT2D eigenvalue weighted by Crippen LogP contribution is 2.32. The van der Waals surface area contributed by atoms with Gasteiger partial charge in [0.05, 0.1) is 36.6 Å². The molecule has 0 amide bonds. The number of aromatic hydroxyl groups is 1. The lowest BCUT2D eigenvalue weighted by atomic mass is 10.1. The number of aliphatic hydroxyl groups is 1. The molecule has 0 unspecified atom stereocenters. The molecule has 0 radical (unpaired) electrons. The van der Waals surface area contributed by atoms with Crippen LogP contribution in [0, 0.1) is 0 Å². The number of alkyl halides is 3. The number of ether oxygens (including phenoxy) is 2. The molecule has 0 atom stereocenters. The van der Waals surface area contributed by atoms with Crippen LogP contribution in [0.5, 0.6) is 5.75 Å². The predicted molar refractivity (Wildman–Crippen MR) is 91.0 cm³/mol. The van der Waals surface area contributed by atoms with Crippen LogP contribution in [0.4, 0.5) is 24.5 Å². The summed E-state index contributed by atoms with van der Waals surface area (Å²) in [5, 5.41) is 20.9. The monoisotopic (exact) mass is 385 g/mol. The van der Waals surface area contributed by atoms with Crippen molar-refractivity contribution in [3.63, 3.8) is 0 Å². The summed E-state index contributed by atoms with van der Waals surface area (Å²) in [6, 6.07) is 8.29. The molecule has 0 aromatic heterocycles. The van der Waals surface area contributed by atoms with Crippen LogP contribution >= 0.6 is 0 Å². The standard InChI is InChI=1S/C18H18F3NO5/c19-18(20,21)12-2-1-3-13(10-12)22-16-5-4-14(24)11-15(16)17(25)27-9-8-26-7-6-23/h1-5,10-11,22-24H,6-9H2. The van der Waals surface area contributed by atoms with Crippen molar-refractivity contribution < 1.29 is 37.7 Å². The molecule has 0 aliphatic rings. The average molecular weight is 385 g/mol. The first-order valence-electron chi connectivity index (χ1n) is 7.94. The number of anilines is 2. The fourth-order valence-electron chi connectivity index (χ4n) is 2.18. The minimum Gasteiger partial charge on any atom is -0.508 e. The van der Waals surface area contributed by atoms with Gasteiger partial charge in [-0.3, -0.25) is 0 Å². The first kappa shape index (κ1) is 20.5. The second kappa shape index (κ2) is 9.24. The van der Waals surface area contributed by atoms with Crippen LogP contribution in [-0.4, -0.2) is 42.6 Å². The molecule has 3 N–H and O–H groups in total. The zero-order valence-electron chi connectivity index (χ0n) is 14.1. The summed E-state index contributed by atoms with van der Waals surface area (Å²) in [7, 11) is 0. The van der Waals surface area contributed by atoms with Crippen molar-refractivity contribution in [3.8, 4) is 5.75 Å². The van der Waals surface area contributed by atoms with Crippen molar-refractivity contribution in [3.05, 3.63) is 53.6 Å². The normalized spacial score (nSPS) is 11.3. The maximum Gasteiger partial charge on any atom is 0.416 e. The van der Waals surface area contributed by atoms with Gasteiger partial charge in [0.2, 0.25) is 0 Å². The molecular weight excluding hydrogens is 367 g/mol. The Labute approximate surface area is 153 Å². The molecule has 2 aromatic carbocycles. The van der Waals surface area contributed by atoms with Crippen LogP contribution in [0.25, 0.3) is 0 Å². The molecule has 0 spiro atoms. The predicted octanol–water partition coefficient (Wildman–Crippen LogP) is 3.32. The minimum absolute atomic E-state index is 0.0467. The van der Waals surface area contributed by atoms with Crippen LogP contribution in [0.2, 0.25) is 0 Å². The van der Waals surface area contributed by atoms with Crippen molar-refractivity contribution in [1.82, 2.24) is 0 Å². The number of rotatable bonds is 8. The number of phenolic OH excluding ortho intramolecular Hbond substituents is 1. The second-order valence-corrected chi connectivity index (χ2v) is 5.41. The third kappa shape index (κ3) is 6.15. The number of esters is 1. The largest absolute Gasteiger partial charge is 0.508 e. The molecule has 2 aromatic rings. The summed E-state index contributed by atoms with van der Waals surface area (Å²) in [4.78, 5) is 12.2. The van der Waals surface area contributed by atoms with E-state index in [2.05, 4.69) is 5.32 Å². The van der Waals surface area contributed by atoms with E-state index in [1.807, 2.05) is 0 Å². The molecule has 9 heteroatoms. The van der Waals surface area contributed by atoms with E-state index in [0.29, 0.717) is 0 Å². The van der Waals surface area contributed by atoms with E-state index >= 15 is 0 Å². The number of phenols is 1. The Kier molecular flexibility index (Phi) is 7.03. The zero-order valence-corrected chi connectivity index (χ0v) is 14.1. The Morgan fingerprint density at radius 3 is 2.56 bits per heavy atom. The van der Waals surface area contributed by atoms with E-state index in [9.17, 15) is 23.1 Å². The number of hydrogen-bond acceptors (Lipinski definition) is 6. The molecule has 0 fully saturated rings. The van der Waals surface area contributed by atoms with Crippen LogP contribution in [0.15, 0.2) is 42.5 Å². The Morgan fingerprint density at radius 2 is 1.85 bits per heavy atom. The molecule has 0 saturated carbocycles. The minimum atomic E-state index is -4.50. The summed E-state index contributed by atoms with van der Waals surface area (Å²) in [5.41, 5.74) is -0.588. The van der Waals surface area contributed by atoms with E-state index in [1.165, 1.54) is 24.3 Å². The highest BCUT2D eigenvalue weighted by molar-refractivity contribution is 5.97. The number of hydrogen-bond donors (Lipinski definition) is 3. The van der Waals surface area contributed by atoms with Gasteiger partial charge in [-0.1, -0.05) is 6.07 Å². The van der Waals surface area contributed by atoms with Gasteiger partial charge in [-0.15, -0.1) is 0 Å². The average Bonchev–Trinajstić information content (AvgIpc) is 2.62. The van der Waals surface area contributed by atoms with E-state index in [-0.39, 0.29) is 49.1 Å². The van der Waals surface area contributed by atoms with E-state index in [1.54, 1.807) is 0 Å². The van der Waals surface area contributed by atoms with Gasteiger partial charge in [-0.25, -0.2) is 4.79 Å². The second-order valence-electron chi connectivity index (χ2n) is 5.41. The zero-order chi connectivity index (χ0) is 19.9. The first-order valence-corrected chi connectivity index (χ1v) is 7.94. The number of aliphatic hydroxyl groups excluding tert-OH is 1. The number of carbonyl (C=O) groups is 1. The van der Waals surface area contributed by atoms with E-state index in [0.717, 1.165) is 18.2 Å². The number of carbonyl (C=O) groups excluding carboxylic acids is 1. The van der Waals surface area contributed by atoms with Crippen molar-refractivity contribution in [1.29, 1.82) is 0 Å². The smallest absolute Gasteiger partial charge is 0.416 e. The van der Waals surface area contributed by atoms with Crippen LogP contribution in [0.3, 0.4) is 0 Å². The highest BCUT2D eigenvalue weighted by Gasteiger charge is 2.30. The maximum atomic E-state index is 12.8. The first-order chi connectivity index (χ1) is 12.8. The van der Waals surface area contributed by atoms with Crippen LogP contribution in [-0.2, 0) is 15.7 Å². The molecule has 27 heavy (non-hydrogen) atoms. The summed E-state index contributed by atoms with van der Waals surface area (Å²) >= 11 is 0. The number of benzene rings is 2. The topological polar surface area (TPSA) is 88.0 Å². The Hall–Kier alpha value is -2.78. The van der Waals surface area contributed by atoms with Gasteiger partial charge in [0.25, 0.3) is 0 Å². The maximum absolute atomic E-state index is 12.8. The van der Waals surface area contributed by atoms with Crippen molar-refractivity contribution in [2.24, 2.45) is 0 Å². The van der Waals surface area contributed by atoms with Gasteiger partial charge in [0.1, 0.15) is 12.4 Å². The van der Waals surface area contributed by atoms with Gasteiger partial charge in [-0.05, 0) is 36.4 Å². The summed E-state index contributed by atoms with van der Waals surface area (Å²) in [5.74, 6) is -0.985. The molecule has 0 aliphatic carbocycles. The lowest BCUT2D eigenvalue weighted by Gasteiger charge is -2.14. The lowest BCUT2D eigenvalue weighted by Crippen LogP contribution is -2.13. The summed E-state index contributed by atoms with van der Waals surface area (Å²) < 4.78 is 48.5. The fraction of sp³-hybridized carbons (Fsp3) is 0.278. The third-order valence-electron chi connectivity index (χ3n) is 3.39. The molecule has 146 valence electrons. The molecule has 0 aliphatic heterocycles. The van der Waals surface area contributed by atoms with Gasteiger partial charge in [0, 0.05) is 5.69 Å². The van der Waals surface area contributed by atoms with E-state index in [4.69, 9.17) is 14.6 Å². The van der Waals surface area contributed by atoms with E-state index < -0.39 is 17.7 Å². The van der Waals surface area contributed by atoms with Gasteiger partial charge in [0.15, 0.2) is 0 Å². The molecule has 0 bridgehead atoms. The third-order valence-corrected chi connectivity index (χ3v) is 3.39. The van der Waals surface area contributed by atoms with Crippen molar-refractivity contribution in [2.75, 3.05) is 31.7 Å². The quantitative estimate of drug-likeness (QED) is 0.367. The Morgan fingerprint density at radius 1 is 1.07 bits per heavy atom.